The van der Waals surface area contributed by atoms with Gasteiger partial charge in [-0.2, -0.15) is 5.10 Å². The number of benzene rings is 1. The Morgan fingerprint density at radius 3 is 3.00 bits per heavy atom. The predicted octanol–water partition coefficient (Wildman–Crippen LogP) is 3.44. The molecule has 0 unspecified atom stereocenters. The quantitative estimate of drug-likeness (QED) is 0.689. The molecular formula is C17H17N3O2S. The lowest BCUT2D eigenvalue weighted by Crippen LogP contribution is -2.11. The van der Waals surface area contributed by atoms with Crippen molar-refractivity contribution in [2.24, 2.45) is 13.0 Å². The van der Waals surface area contributed by atoms with E-state index in [-0.39, 0.29) is 23.9 Å². The Labute approximate surface area is 137 Å². The van der Waals surface area contributed by atoms with Gasteiger partial charge in [-0.15, -0.1) is 11.3 Å². The van der Waals surface area contributed by atoms with E-state index in [1.807, 2.05) is 50.6 Å². The fourth-order valence-electron chi connectivity index (χ4n) is 2.83. The number of para-hydroxylation sites is 1. The number of aromatic nitrogens is 3. The molecule has 1 saturated carbocycles. The van der Waals surface area contributed by atoms with Gasteiger partial charge >= 0.3 is 5.97 Å². The van der Waals surface area contributed by atoms with E-state index in [2.05, 4.69) is 10.1 Å². The molecule has 4 rings (SSSR count). The van der Waals surface area contributed by atoms with E-state index in [1.54, 1.807) is 16.0 Å². The number of hydrogen-bond acceptors (Lipinski definition) is 5. The summed E-state index contributed by atoms with van der Waals surface area (Å²) < 4.78 is 8.51. The van der Waals surface area contributed by atoms with Crippen LogP contribution in [-0.4, -0.2) is 20.7 Å². The minimum absolute atomic E-state index is 0.0453. The molecule has 0 aliphatic heterocycles. The highest BCUT2D eigenvalue weighted by Gasteiger charge is 2.46. The maximum Gasteiger partial charge on any atom is 0.310 e. The van der Waals surface area contributed by atoms with Crippen molar-refractivity contribution in [2.75, 3.05) is 0 Å². The van der Waals surface area contributed by atoms with Crippen LogP contribution in [0.4, 0.5) is 0 Å². The lowest BCUT2D eigenvalue weighted by molar-refractivity contribution is -0.150. The van der Waals surface area contributed by atoms with Crippen molar-refractivity contribution < 1.29 is 9.53 Å². The van der Waals surface area contributed by atoms with Gasteiger partial charge in [0.15, 0.2) is 6.10 Å². The zero-order valence-corrected chi connectivity index (χ0v) is 13.8. The Hall–Kier alpha value is -2.21. The second kappa shape index (κ2) is 5.45. The van der Waals surface area contributed by atoms with E-state index in [1.165, 1.54) is 0 Å². The maximum atomic E-state index is 12.3. The highest BCUT2D eigenvalue weighted by molar-refractivity contribution is 7.18. The van der Waals surface area contributed by atoms with Crippen molar-refractivity contribution in [3.63, 3.8) is 0 Å². The maximum absolute atomic E-state index is 12.3. The van der Waals surface area contributed by atoms with E-state index in [0.717, 1.165) is 27.2 Å². The molecule has 23 heavy (non-hydrogen) atoms. The number of ether oxygens (including phenoxy) is 1. The number of thiazole rings is 1. The van der Waals surface area contributed by atoms with Gasteiger partial charge in [-0.25, -0.2) is 4.98 Å². The zero-order valence-electron chi connectivity index (χ0n) is 13.0. The summed E-state index contributed by atoms with van der Waals surface area (Å²) in [6.07, 6.45) is 4.33. The average molecular weight is 327 g/mol. The third-order valence-electron chi connectivity index (χ3n) is 4.20. The normalized spacial score (nSPS) is 21.3. The van der Waals surface area contributed by atoms with E-state index < -0.39 is 0 Å². The summed E-state index contributed by atoms with van der Waals surface area (Å²) in [4.78, 5) is 16.9. The molecule has 3 atom stereocenters. The van der Waals surface area contributed by atoms with Crippen LogP contribution in [0.3, 0.4) is 0 Å². The first kappa shape index (κ1) is 14.4. The summed E-state index contributed by atoms with van der Waals surface area (Å²) in [6, 6.07) is 7.96. The molecule has 2 aromatic heterocycles. The molecule has 0 spiro atoms. The molecule has 0 N–H and O–H groups in total. The SMILES string of the molecule is C[C@H](OC(=O)[C@H]1C[C@@H]1c1cnn(C)c1)c1nc2ccccc2s1. The third-order valence-corrected chi connectivity index (χ3v) is 5.39. The van der Waals surface area contributed by atoms with Gasteiger partial charge in [0, 0.05) is 19.2 Å². The van der Waals surface area contributed by atoms with Gasteiger partial charge in [0.2, 0.25) is 0 Å². The molecule has 2 heterocycles. The molecule has 0 saturated heterocycles. The first-order chi connectivity index (χ1) is 11.1. The van der Waals surface area contributed by atoms with E-state index in [9.17, 15) is 4.79 Å². The molecule has 1 aliphatic rings. The summed E-state index contributed by atoms with van der Waals surface area (Å²) in [5.74, 6) is 0.0698. The van der Waals surface area contributed by atoms with Crippen LogP contribution in [0, 0.1) is 5.92 Å². The van der Waals surface area contributed by atoms with Gasteiger partial charge in [-0.1, -0.05) is 12.1 Å². The summed E-state index contributed by atoms with van der Waals surface area (Å²) >= 11 is 1.58. The van der Waals surface area contributed by atoms with Crippen molar-refractivity contribution >= 4 is 27.5 Å². The van der Waals surface area contributed by atoms with Gasteiger partial charge in [0.05, 0.1) is 22.3 Å². The van der Waals surface area contributed by atoms with Gasteiger partial charge in [0.25, 0.3) is 0 Å². The smallest absolute Gasteiger partial charge is 0.310 e. The van der Waals surface area contributed by atoms with Crippen molar-refractivity contribution in [3.8, 4) is 0 Å². The van der Waals surface area contributed by atoms with Crippen LogP contribution in [0.2, 0.25) is 0 Å². The molecule has 1 aliphatic carbocycles. The Kier molecular flexibility index (Phi) is 3.41. The summed E-state index contributed by atoms with van der Waals surface area (Å²) in [7, 11) is 1.88. The van der Waals surface area contributed by atoms with Crippen molar-refractivity contribution in [2.45, 2.75) is 25.4 Å². The number of esters is 1. The number of carbonyl (C=O) groups excluding carboxylic acids is 1. The minimum atomic E-state index is -0.310. The van der Waals surface area contributed by atoms with Gasteiger partial charge in [-0.05, 0) is 31.0 Å². The molecular weight excluding hydrogens is 310 g/mol. The van der Waals surface area contributed by atoms with Crippen LogP contribution in [0.15, 0.2) is 36.7 Å². The molecule has 6 heteroatoms. The van der Waals surface area contributed by atoms with Gasteiger partial charge in [-0.3, -0.25) is 9.48 Å². The number of fused-ring (bicyclic) bond motifs is 1. The van der Waals surface area contributed by atoms with Gasteiger partial charge in [0.1, 0.15) is 5.01 Å². The van der Waals surface area contributed by atoms with Crippen LogP contribution in [-0.2, 0) is 16.6 Å². The molecule has 0 bridgehead atoms. The molecule has 1 fully saturated rings. The van der Waals surface area contributed by atoms with E-state index in [0.29, 0.717) is 0 Å². The molecule has 5 nitrogen and oxygen atoms in total. The van der Waals surface area contributed by atoms with Crippen LogP contribution in [0.25, 0.3) is 10.2 Å². The standard InChI is InChI=1S/C17H17N3O2S/c1-10(16-19-14-5-3-4-6-15(14)23-16)22-17(21)13-7-12(13)11-8-18-20(2)9-11/h3-6,8-10,12-13H,7H2,1-2H3/t10-,12+,13-/m0/s1. The summed E-state index contributed by atoms with van der Waals surface area (Å²) in [5.41, 5.74) is 2.07. The van der Waals surface area contributed by atoms with Crippen molar-refractivity contribution in [3.05, 3.63) is 47.2 Å². The molecule has 0 amide bonds. The number of hydrogen-bond donors (Lipinski definition) is 0. The zero-order chi connectivity index (χ0) is 16.0. The average Bonchev–Trinajstić information content (AvgIpc) is 3.02. The molecule has 118 valence electrons. The highest BCUT2D eigenvalue weighted by atomic mass is 32.1. The lowest BCUT2D eigenvalue weighted by atomic mass is 10.2. The first-order valence-electron chi connectivity index (χ1n) is 7.66. The Morgan fingerprint density at radius 1 is 1.43 bits per heavy atom. The topological polar surface area (TPSA) is 57.0 Å². The molecule has 3 aromatic rings. The first-order valence-corrected chi connectivity index (χ1v) is 8.48. The summed E-state index contributed by atoms with van der Waals surface area (Å²) in [6.45, 7) is 1.89. The second-order valence-electron chi connectivity index (χ2n) is 5.99. The Morgan fingerprint density at radius 2 is 2.26 bits per heavy atom. The van der Waals surface area contributed by atoms with E-state index in [4.69, 9.17) is 4.74 Å². The van der Waals surface area contributed by atoms with Crippen molar-refractivity contribution in [1.29, 1.82) is 0 Å². The number of rotatable bonds is 4. The lowest BCUT2D eigenvalue weighted by Gasteiger charge is -2.10. The predicted molar refractivity (Wildman–Crippen MR) is 88.2 cm³/mol. The van der Waals surface area contributed by atoms with E-state index >= 15 is 0 Å². The minimum Gasteiger partial charge on any atom is -0.455 e. The van der Waals surface area contributed by atoms with Crippen LogP contribution >= 0.6 is 11.3 Å². The molecule has 1 aromatic carbocycles. The number of nitrogens with zero attached hydrogens (tertiary/aromatic N) is 3. The largest absolute Gasteiger partial charge is 0.455 e. The summed E-state index contributed by atoms with van der Waals surface area (Å²) in [5, 5.41) is 5.01. The number of carbonyl (C=O) groups is 1. The highest BCUT2D eigenvalue weighted by Crippen LogP contribution is 2.48. The third kappa shape index (κ3) is 2.74. The van der Waals surface area contributed by atoms with Crippen LogP contribution in [0.5, 0.6) is 0 Å². The molecule has 0 radical (unpaired) electrons. The fourth-order valence-corrected chi connectivity index (χ4v) is 3.78. The number of aryl methyl sites for hydroxylation is 1. The Bertz CT molecular complexity index is 836. The van der Waals surface area contributed by atoms with Gasteiger partial charge < -0.3 is 4.74 Å². The van der Waals surface area contributed by atoms with Crippen LogP contribution < -0.4 is 0 Å². The monoisotopic (exact) mass is 327 g/mol. The van der Waals surface area contributed by atoms with Crippen LogP contribution in [0.1, 0.15) is 35.9 Å². The van der Waals surface area contributed by atoms with Crippen molar-refractivity contribution in [1.82, 2.24) is 14.8 Å². The Balaban J connectivity index is 1.42. The fraction of sp³-hybridized carbons (Fsp3) is 0.353. The second-order valence-corrected chi connectivity index (χ2v) is 7.06.